The molecule has 0 fully saturated rings. The quantitative estimate of drug-likeness (QED) is 0.220. The second kappa shape index (κ2) is 9.34. The molecular weight excluding hydrogens is 398 g/mol. The number of amides is 2. The lowest BCUT2D eigenvalue weighted by Crippen LogP contribution is -2.32. The minimum atomic E-state index is -0.948. The van der Waals surface area contributed by atoms with Crippen molar-refractivity contribution in [1.82, 2.24) is 5.43 Å². The molecule has 146 valence electrons. The Balaban J connectivity index is 1.54. The molecule has 0 saturated carbocycles. The van der Waals surface area contributed by atoms with E-state index in [2.05, 4.69) is 15.8 Å². The number of furan rings is 1. The van der Waals surface area contributed by atoms with Crippen molar-refractivity contribution in [3.8, 4) is 5.75 Å². The number of benzene rings is 2. The van der Waals surface area contributed by atoms with Crippen molar-refractivity contribution in [2.45, 2.75) is 0 Å². The van der Waals surface area contributed by atoms with E-state index in [0.717, 1.165) is 0 Å². The summed E-state index contributed by atoms with van der Waals surface area (Å²) < 4.78 is 10.2. The van der Waals surface area contributed by atoms with Crippen molar-refractivity contribution in [2.75, 3.05) is 5.32 Å². The first-order valence-electron chi connectivity index (χ1n) is 8.27. The van der Waals surface area contributed by atoms with Crippen LogP contribution in [0, 0.1) is 0 Å². The number of hydrogen-bond acceptors (Lipinski definition) is 6. The number of ether oxygens (including phenoxy) is 1. The molecule has 0 unspecified atom stereocenters. The second-order valence-electron chi connectivity index (χ2n) is 5.60. The fourth-order valence-electron chi connectivity index (χ4n) is 2.15. The summed E-state index contributed by atoms with van der Waals surface area (Å²) >= 11 is 5.76. The van der Waals surface area contributed by atoms with Crippen molar-refractivity contribution in [1.29, 1.82) is 0 Å². The minimum absolute atomic E-state index is 0.0723. The van der Waals surface area contributed by atoms with Crippen LogP contribution in [-0.2, 0) is 9.59 Å². The summed E-state index contributed by atoms with van der Waals surface area (Å²) in [5.74, 6) is -2.14. The van der Waals surface area contributed by atoms with Gasteiger partial charge in [0.15, 0.2) is 0 Å². The SMILES string of the molecule is O=C(N/N=C/c1cccc(OC(=O)c2ccco2)c1)C(=O)Nc1ccc(Cl)cc1. The monoisotopic (exact) mass is 411 g/mol. The first-order chi connectivity index (χ1) is 14.0. The zero-order chi connectivity index (χ0) is 20.6. The maximum atomic E-state index is 11.9. The van der Waals surface area contributed by atoms with Crippen molar-refractivity contribution < 1.29 is 23.5 Å². The van der Waals surface area contributed by atoms with E-state index >= 15 is 0 Å². The van der Waals surface area contributed by atoms with Gasteiger partial charge in [0, 0.05) is 10.7 Å². The Hall–Kier alpha value is -3.91. The van der Waals surface area contributed by atoms with Gasteiger partial charge in [-0.2, -0.15) is 5.10 Å². The summed E-state index contributed by atoms with van der Waals surface area (Å²) in [7, 11) is 0. The molecule has 2 N–H and O–H groups in total. The molecule has 0 aliphatic rings. The van der Waals surface area contributed by atoms with Gasteiger partial charge >= 0.3 is 17.8 Å². The minimum Gasteiger partial charge on any atom is -0.457 e. The zero-order valence-corrected chi connectivity index (χ0v) is 15.6. The van der Waals surface area contributed by atoms with E-state index in [4.69, 9.17) is 20.8 Å². The standard InChI is InChI=1S/C20H14ClN3O5/c21-14-6-8-15(9-7-14)23-18(25)19(26)24-22-12-13-3-1-4-16(11-13)29-20(27)17-5-2-10-28-17/h1-12H,(H,23,25)(H,24,26)/b22-12+. The summed E-state index contributed by atoms with van der Waals surface area (Å²) in [4.78, 5) is 35.5. The van der Waals surface area contributed by atoms with Crippen LogP contribution in [0.1, 0.15) is 16.1 Å². The van der Waals surface area contributed by atoms with E-state index in [-0.39, 0.29) is 11.5 Å². The highest BCUT2D eigenvalue weighted by molar-refractivity contribution is 6.39. The Morgan fingerprint density at radius 1 is 1.00 bits per heavy atom. The third kappa shape index (κ3) is 5.78. The average molecular weight is 412 g/mol. The van der Waals surface area contributed by atoms with Crippen LogP contribution in [0.2, 0.25) is 5.02 Å². The van der Waals surface area contributed by atoms with Gasteiger partial charge in [-0.05, 0) is 54.1 Å². The molecule has 0 bridgehead atoms. The van der Waals surface area contributed by atoms with Gasteiger partial charge in [-0.1, -0.05) is 23.7 Å². The number of rotatable bonds is 5. The molecule has 1 aromatic heterocycles. The molecule has 0 aliphatic heterocycles. The van der Waals surface area contributed by atoms with E-state index in [1.165, 1.54) is 24.6 Å². The number of anilines is 1. The molecule has 8 nitrogen and oxygen atoms in total. The molecule has 9 heteroatoms. The molecule has 29 heavy (non-hydrogen) atoms. The summed E-state index contributed by atoms with van der Waals surface area (Å²) in [5, 5.41) is 6.64. The highest BCUT2D eigenvalue weighted by Gasteiger charge is 2.13. The number of carbonyl (C=O) groups excluding carboxylic acids is 3. The predicted octanol–water partition coefficient (Wildman–Crippen LogP) is 3.24. The lowest BCUT2D eigenvalue weighted by Gasteiger charge is -2.04. The molecule has 2 aromatic carbocycles. The third-order valence-corrected chi connectivity index (χ3v) is 3.73. The van der Waals surface area contributed by atoms with Crippen LogP contribution in [0.3, 0.4) is 0 Å². The van der Waals surface area contributed by atoms with Gasteiger partial charge in [-0.3, -0.25) is 9.59 Å². The van der Waals surface area contributed by atoms with Crippen LogP contribution in [-0.4, -0.2) is 24.0 Å². The van der Waals surface area contributed by atoms with Crippen LogP contribution >= 0.6 is 11.6 Å². The summed E-state index contributed by atoms with van der Waals surface area (Å²) in [6.07, 6.45) is 2.67. The Morgan fingerprint density at radius 3 is 2.52 bits per heavy atom. The highest BCUT2D eigenvalue weighted by atomic mass is 35.5. The molecule has 0 spiro atoms. The Morgan fingerprint density at radius 2 is 1.79 bits per heavy atom. The summed E-state index contributed by atoms with van der Waals surface area (Å²) in [6, 6.07) is 15.8. The lowest BCUT2D eigenvalue weighted by atomic mass is 10.2. The molecular formula is C20H14ClN3O5. The molecule has 0 saturated heterocycles. The second-order valence-corrected chi connectivity index (χ2v) is 6.04. The molecule has 0 radical (unpaired) electrons. The number of hydrogen-bond donors (Lipinski definition) is 2. The molecule has 2 amide bonds. The lowest BCUT2D eigenvalue weighted by molar-refractivity contribution is -0.136. The fraction of sp³-hybridized carbons (Fsp3) is 0. The maximum absolute atomic E-state index is 11.9. The Labute approximate surface area is 170 Å². The van der Waals surface area contributed by atoms with E-state index in [1.807, 2.05) is 0 Å². The first kappa shape index (κ1) is 19.8. The number of carbonyl (C=O) groups is 3. The van der Waals surface area contributed by atoms with Crippen LogP contribution in [0.4, 0.5) is 5.69 Å². The Bertz CT molecular complexity index is 1050. The molecule has 0 atom stereocenters. The van der Waals surface area contributed by atoms with Crippen LogP contribution < -0.4 is 15.5 Å². The van der Waals surface area contributed by atoms with Gasteiger partial charge in [0.25, 0.3) is 0 Å². The smallest absolute Gasteiger partial charge is 0.379 e. The topological polar surface area (TPSA) is 110 Å². The third-order valence-electron chi connectivity index (χ3n) is 3.48. The van der Waals surface area contributed by atoms with Crippen molar-refractivity contribution in [2.24, 2.45) is 5.10 Å². The summed E-state index contributed by atoms with van der Waals surface area (Å²) in [5.41, 5.74) is 3.07. The number of esters is 1. The number of hydrazone groups is 1. The van der Waals surface area contributed by atoms with E-state index < -0.39 is 17.8 Å². The first-order valence-corrected chi connectivity index (χ1v) is 8.65. The number of nitrogens with zero attached hydrogens (tertiary/aromatic N) is 1. The Kier molecular flexibility index (Phi) is 6.39. The predicted molar refractivity (Wildman–Crippen MR) is 106 cm³/mol. The fourth-order valence-corrected chi connectivity index (χ4v) is 2.27. The highest BCUT2D eigenvalue weighted by Crippen LogP contribution is 2.15. The maximum Gasteiger partial charge on any atom is 0.379 e. The van der Waals surface area contributed by atoms with Gasteiger partial charge in [0.05, 0.1) is 12.5 Å². The van der Waals surface area contributed by atoms with Crippen molar-refractivity contribution in [3.05, 3.63) is 83.3 Å². The molecule has 0 aliphatic carbocycles. The van der Waals surface area contributed by atoms with Gasteiger partial charge in [0.2, 0.25) is 5.76 Å². The van der Waals surface area contributed by atoms with Crippen molar-refractivity contribution in [3.63, 3.8) is 0 Å². The molecule has 3 aromatic rings. The summed E-state index contributed by atoms with van der Waals surface area (Å²) in [6.45, 7) is 0. The van der Waals surface area contributed by atoms with Crippen LogP contribution in [0.15, 0.2) is 76.4 Å². The average Bonchev–Trinajstić information content (AvgIpc) is 3.25. The van der Waals surface area contributed by atoms with Gasteiger partial charge in [-0.15, -0.1) is 0 Å². The van der Waals surface area contributed by atoms with Crippen LogP contribution in [0.25, 0.3) is 0 Å². The zero-order valence-electron chi connectivity index (χ0n) is 14.8. The van der Waals surface area contributed by atoms with E-state index in [1.54, 1.807) is 48.5 Å². The van der Waals surface area contributed by atoms with Crippen LogP contribution in [0.5, 0.6) is 5.75 Å². The molecule has 3 rings (SSSR count). The molecule has 1 heterocycles. The van der Waals surface area contributed by atoms with Gasteiger partial charge < -0.3 is 14.5 Å². The number of nitrogens with one attached hydrogen (secondary N) is 2. The normalized spacial score (nSPS) is 10.5. The van der Waals surface area contributed by atoms with Crippen molar-refractivity contribution >= 4 is 41.3 Å². The number of halogens is 1. The van der Waals surface area contributed by atoms with E-state index in [0.29, 0.717) is 16.3 Å². The largest absolute Gasteiger partial charge is 0.457 e. The van der Waals surface area contributed by atoms with Gasteiger partial charge in [-0.25, -0.2) is 10.2 Å². The van der Waals surface area contributed by atoms with E-state index in [9.17, 15) is 14.4 Å². The van der Waals surface area contributed by atoms with Gasteiger partial charge in [0.1, 0.15) is 5.75 Å².